The van der Waals surface area contributed by atoms with Crippen molar-refractivity contribution < 1.29 is 9.90 Å². The molecule has 33 heavy (non-hydrogen) atoms. The van der Waals surface area contributed by atoms with Crippen molar-refractivity contribution in [1.82, 2.24) is 9.55 Å². The maximum absolute atomic E-state index is 13.2. The first-order valence-corrected chi connectivity index (χ1v) is 12.9. The molecule has 1 aliphatic carbocycles. The summed E-state index contributed by atoms with van der Waals surface area (Å²) in [5.74, 6) is 0.837. The van der Waals surface area contributed by atoms with Crippen LogP contribution < -0.4 is 10.7 Å². The molecule has 4 rings (SSSR count). The number of carbonyl (C=O) groups is 1. The van der Waals surface area contributed by atoms with Crippen LogP contribution in [0.15, 0.2) is 34.0 Å². The van der Waals surface area contributed by atoms with Crippen molar-refractivity contribution >= 4 is 57.6 Å². The van der Waals surface area contributed by atoms with Crippen molar-refractivity contribution in [2.24, 2.45) is 5.41 Å². The monoisotopic (exact) mass is 491 g/mol. The molecule has 1 aromatic carbocycles. The number of hydrogen-bond acceptors (Lipinski definition) is 5. The van der Waals surface area contributed by atoms with E-state index in [1.165, 1.54) is 0 Å². The molecule has 1 saturated carbocycles. The molecule has 2 aromatic heterocycles. The average Bonchev–Trinajstić information content (AvgIpc) is 2.77. The van der Waals surface area contributed by atoms with E-state index in [0.29, 0.717) is 27.3 Å². The standard InChI is InChI=1S/C22H26ClN3OS.C2H6.CH2O2/c1-5-10-26-18-14(6-8-16(23)20(18)28-4)19(27)15-7-9-17(25-21(15)26)24-13-11-22(2,3)12-13;1-2;2-1-3/h6-9,13H,5,10-12H2,1-4H3,(H,24,25);1-2H3;1H,(H,2,3). The van der Waals surface area contributed by atoms with Gasteiger partial charge in [0.05, 0.1) is 20.8 Å². The number of halogens is 1. The van der Waals surface area contributed by atoms with Crippen LogP contribution in [-0.2, 0) is 11.3 Å². The number of nitrogens with zero attached hydrogens (tertiary/aromatic N) is 2. The minimum absolute atomic E-state index is 0.0214. The van der Waals surface area contributed by atoms with E-state index in [1.54, 1.807) is 11.8 Å². The lowest BCUT2D eigenvalue weighted by Crippen LogP contribution is -2.41. The normalized spacial score (nSPS) is 14.5. The molecule has 0 radical (unpaired) electrons. The molecule has 0 saturated heterocycles. The van der Waals surface area contributed by atoms with Gasteiger partial charge in [0.25, 0.3) is 6.47 Å². The highest BCUT2D eigenvalue weighted by molar-refractivity contribution is 7.99. The molecule has 0 amide bonds. The van der Waals surface area contributed by atoms with Gasteiger partial charge >= 0.3 is 0 Å². The lowest BCUT2D eigenvalue weighted by molar-refractivity contribution is -0.122. The van der Waals surface area contributed by atoms with Gasteiger partial charge in [0.15, 0.2) is 5.43 Å². The summed E-state index contributed by atoms with van der Waals surface area (Å²) in [5.41, 5.74) is 2.06. The van der Waals surface area contributed by atoms with Crippen LogP contribution in [0.4, 0.5) is 5.82 Å². The van der Waals surface area contributed by atoms with E-state index >= 15 is 0 Å². The zero-order chi connectivity index (χ0) is 24.8. The summed E-state index contributed by atoms with van der Waals surface area (Å²) >= 11 is 8.04. The molecular weight excluding hydrogens is 458 g/mol. The van der Waals surface area contributed by atoms with Crippen LogP contribution in [-0.4, -0.2) is 33.4 Å². The third kappa shape index (κ3) is 5.82. The van der Waals surface area contributed by atoms with Crippen LogP contribution in [0.1, 0.15) is 53.9 Å². The van der Waals surface area contributed by atoms with Crippen LogP contribution in [0, 0.1) is 5.41 Å². The van der Waals surface area contributed by atoms with E-state index in [1.807, 2.05) is 44.4 Å². The van der Waals surface area contributed by atoms with Crippen molar-refractivity contribution in [3.8, 4) is 0 Å². The van der Waals surface area contributed by atoms with Gasteiger partial charge in [-0.1, -0.05) is 46.2 Å². The molecule has 6 nitrogen and oxygen atoms in total. The predicted molar refractivity (Wildman–Crippen MR) is 141 cm³/mol. The van der Waals surface area contributed by atoms with Gasteiger partial charge in [-0.3, -0.25) is 9.59 Å². The third-order valence-corrected chi connectivity index (χ3v) is 6.82. The molecule has 1 fully saturated rings. The summed E-state index contributed by atoms with van der Waals surface area (Å²) in [4.78, 5) is 27.4. The highest BCUT2D eigenvalue weighted by Gasteiger charge is 2.36. The highest BCUT2D eigenvalue weighted by Crippen LogP contribution is 2.41. The lowest BCUT2D eigenvalue weighted by atomic mass is 9.68. The summed E-state index contributed by atoms with van der Waals surface area (Å²) in [6.45, 7) is 11.3. The van der Waals surface area contributed by atoms with Crippen LogP contribution in [0.2, 0.25) is 5.02 Å². The number of aryl methyl sites for hydroxylation is 1. The summed E-state index contributed by atoms with van der Waals surface area (Å²) in [7, 11) is 0. The Bertz CT molecular complexity index is 1170. The van der Waals surface area contributed by atoms with Gasteiger partial charge < -0.3 is 15.0 Å². The summed E-state index contributed by atoms with van der Waals surface area (Å²) in [6.07, 6.45) is 5.22. The maximum atomic E-state index is 13.2. The second kappa shape index (κ2) is 11.7. The Labute approximate surface area is 204 Å². The van der Waals surface area contributed by atoms with E-state index in [2.05, 4.69) is 30.7 Å². The van der Waals surface area contributed by atoms with E-state index in [-0.39, 0.29) is 11.9 Å². The van der Waals surface area contributed by atoms with Crippen molar-refractivity contribution in [3.05, 3.63) is 39.5 Å². The number of fused-ring (bicyclic) bond motifs is 2. The van der Waals surface area contributed by atoms with Gasteiger partial charge in [-0.25, -0.2) is 4.98 Å². The Morgan fingerprint density at radius 3 is 2.39 bits per heavy atom. The summed E-state index contributed by atoms with van der Waals surface area (Å²) in [5, 5.41) is 12.5. The van der Waals surface area contributed by atoms with Gasteiger partial charge in [0.2, 0.25) is 0 Å². The topological polar surface area (TPSA) is 84.2 Å². The molecule has 3 aromatic rings. The molecule has 1 aliphatic rings. The number of anilines is 1. The summed E-state index contributed by atoms with van der Waals surface area (Å²) in [6, 6.07) is 7.95. The SMILES string of the molecule is CC.CCCn1c2nc(NC3CC(C)(C)C3)ccc2c(=O)c2ccc(Cl)c(SC)c21.O=CO. The number of rotatable bonds is 5. The molecule has 0 spiro atoms. The molecule has 0 atom stereocenters. The quantitative estimate of drug-likeness (QED) is 0.236. The number of nitrogens with one attached hydrogen (secondary N) is 1. The van der Waals surface area contributed by atoms with Gasteiger partial charge in [-0.15, -0.1) is 11.8 Å². The van der Waals surface area contributed by atoms with Crippen LogP contribution >= 0.6 is 23.4 Å². The van der Waals surface area contributed by atoms with E-state index in [9.17, 15) is 4.79 Å². The predicted octanol–water partition coefficient (Wildman–Crippen LogP) is 6.66. The molecule has 8 heteroatoms. The van der Waals surface area contributed by atoms with Crippen molar-refractivity contribution in [3.63, 3.8) is 0 Å². The molecule has 2 N–H and O–H groups in total. The number of thioether (sulfide) groups is 1. The minimum atomic E-state index is -0.250. The molecule has 0 aliphatic heterocycles. The first-order valence-electron chi connectivity index (χ1n) is 11.3. The van der Waals surface area contributed by atoms with Crippen LogP contribution in [0.3, 0.4) is 0 Å². The van der Waals surface area contributed by atoms with E-state index < -0.39 is 0 Å². The number of pyridine rings is 2. The number of aromatic nitrogens is 2. The Morgan fingerprint density at radius 1 is 1.24 bits per heavy atom. The molecule has 0 unspecified atom stereocenters. The first-order chi connectivity index (χ1) is 15.8. The third-order valence-electron chi connectivity index (χ3n) is 5.57. The second-order valence-electron chi connectivity index (χ2n) is 8.54. The molecule has 2 heterocycles. The second-order valence-corrected chi connectivity index (χ2v) is 9.77. The van der Waals surface area contributed by atoms with Gasteiger partial charge in [-0.05, 0) is 55.2 Å². The fourth-order valence-electron chi connectivity index (χ4n) is 4.38. The zero-order valence-corrected chi connectivity index (χ0v) is 21.8. The fourth-order valence-corrected chi connectivity index (χ4v) is 5.44. The van der Waals surface area contributed by atoms with Crippen LogP contribution in [0.5, 0.6) is 0 Å². The zero-order valence-electron chi connectivity index (χ0n) is 20.2. The van der Waals surface area contributed by atoms with Crippen molar-refractivity contribution in [1.29, 1.82) is 0 Å². The van der Waals surface area contributed by atoms with Gasteiger partial charge in [0, 0.05) is 18.0 Å². The van der Waals surface area contributed by atoms with Gasteiger partial charge in [-0.2, -0.15) is 0 Å². The smallest absolute Gasteiger partial charge is 0.290 e. The molecule has 0 bridgehead atoms. The molecule has 180 valence electrons. The van der Waals surface area contributed by atoms with Crippen LogP contribution in [0.25, 0.3) is 21.9 Å². The molecular formula is C25H34ClN3O3S. The van der Waals surface area contributed by atoms with Gasteiger partial charge in [0.1, 0.15) is 11.5 Å². The lowest BCUT2D eigenvalue weighted by Gasteiger charge is -2.43. The Hall–Kier alpha value is -2.25. The fraction of sp³-hybridized carbons (Fsp3) is 0.480. The van der Waals surface area contributed by atoms with E-state index in [4.69, 9.17) is 26.5 Å². The minimum Gasteiger partial charge on any atom is -0.483 e. The average molecular weight is 492 g/mol. The first kappa shape index (κ1) is 27.0. The van der Waals surface area contributed by atoms with E-state index in [0.717, 1.165) is 47.7 Å². The maximum Gasteiger partial charge on any atom is 0.290 e. The largest absolute Gasteiger partial charge is 0.483 e. The number of benzene rings is 1. The Kier molecular flexibility index (Phi) is 9.61. The van der Waals surface area contributed by atoms with Crippen molar-refractivity contribution in [2.75, 3.05) is 11.6 Å². The summed E-state index contributed by atoms with van der Waals surface area (Å²) < 4.78 is 2.17. The Balaban J connectivity index is 0.000000714. The highest BCUT2D eigenvalue weighted by atomic mass is 35.5. The van der Waals surface area contributed by atoms with Crippen molar-refractivity contribution in [2.45, 2.75) is 71.4 Å². The number of carboxylic acid groups (broad SMARTS) is 1. The number of hydrogen-bond donors (Lipinski definition) is 2. The Morgan fingerprint density at radius 2 is 1.85 bits per heavy atom.